The van der Waals surface area contributed by atoms with Crippen molar-refractivity contribution < 1.29 is 8.85 Å². The Morgan fingerprint density at radius 2 is 1.82 bits per heavy atom. The normalized spacial score (nSPS) is 11.9. The zero-order valence-corrected chi connectivity index (χ0v) is 13.6. The summed E-state index contributed by atoms with van der Waals surface area (Å²) < 4.78 is 11.1. The monoisotopic (exact) mass is 266 g/mol. The number of benzene rings is 1. The maximum atomic E-state index is 5.57. The average molecular weight is 266 g/mol. The van der Waals surface area contributed by atoms with Gasteiger partial charge in [-0.25, -0.2) is 0 Å². The van der Waals surface area contributed by atoms with Crippen LogP contribution in [-0.2, 0) is 8.85 Å². The molecule has 4 heteroatoms. The van der Waals surface area contributed by atoms with E-state index in [4.69, 9.17) is 8.85 Å². The van der Waals surface area contributed by atoms with Gasteiger partial charge in [-0.15, -0.1) is 0 Å². The molecule has 1 aromatic carbocycles. The lowest BCUT2D eigenvalue weighted by Crippen LogP contribution is -2.49. The summed E-state index contributed by atoms with van der Waals surface area (Å²) in [6, 6.07) is 8.45. The molecule has 0 fully saturated rings. The molecule has 0 aliphatic rings. The van der Waals surface area contributed by atoms with Gasteiger partial charge in [0.25, 0.3) is 0 Å². The first-order valence-electron chi connectivity index (χ1n) is 5.84. The van der Waals surface area contributed by atoms with Gasteiger partial charge in [0.05, 0.1) is 8.80 Å². The number of hydrogen-bond acceptors (Lipinski definition) is 2. The van der Waals surface area contributed by atoms with Crippen LogP contribution < -0.4 is 5.19 Å². The SMILES string of the molecule is C=C(c1cccc([Si](C)(OC)OC)c1)[SiH](C)C. The Hall–Kier alpha value is -0.686. The third-order valence-electron chi connectivity index (χ3n) is 3.23. The van der Waals surface area contributed by atoms with Crippen molar-refractivity contribution in [3.63, 3.8) is 0 Å². The number of hydrogen-bond donors (Lipinski definition) is 0. The van der Waals surface area contributed by atoms with Gasteiger partial charge in [0, 0.05) is 14.2 Å². The highest BCUT2D eigenvalue weighted by atomic mass is 28.4. The van der Waals surface area contributed by atoms with E-state index in [-0.39, 0.29) is 0 Å². The van der Waals surface area contributed by atoms with Gasteiger partial charge in [0.2, 0.25) is 0 Å². The number of rotatable bonds is 5. The summed E-state index contributed by atoms with van der Waals surface area (Å²) in [5.74, 6) is 0. The molecule has 0 saturated carbocycles. The summed E-state index contributed by atoms with van der Waals surface area (Å²) in [4.78, 5) is 0. The van der Waals surface area contributed by atoms with Crippen LogP contribution >= 0.6 is 0 Å². The van der Waals surface area contributed by atoms with Gasteiger partial charge in [-0.2, -0.15) is 0 Å². The molecule has 94 valence electrons. The molecule has 2 nitrogen and oxygen atoms in total. The van der Waals surface area contributed by atoms with Gasteiger partial charge in [-0.05, 0) is 17.3 Å². The second kappa shape index (κ2) is 5.77. The smallest absolute Gasteiger partial charge is 0.368 e. The Balaban J connectivity index is 3.13. The molecule has 0 heterocycles. The summed E-state index contributed by atoms with van der Waals surface area (Å²) in [5, 5.41) is 2.45. The van der Waals surface area contributed by atoms with Crippen LogP contribution in [-0.4, -0.2) is 31.6 Å². The fourth-order valence-corrected chi connectivity index (χ4v) is 3.95. The van der Waals surface area contributed by atoms with E-state index in [0.29, 0.717) is 0 Å². The molecule has 0 radical (unpaired) electrons. The first-order valence-corrected chi connectivity index (χ1v) is 11.0. The third kappa shape index (κ3) is 3.16. The van der Waals surface area contributed by atoms with Gasteiger partial charge < -0.3 is 8.85 Å². The lowest BCUT2D eigenvalue weighted by Gasteiger charge is -2.24. The van der Waals surface area contributed by atoms with Crippen molar-refractivity contribution in [2.75, 3.05) is 14.2 Å². The molecule has 0 unspecified atom stereocenters. The van der Waals surface area contributed by atoms with Crippen LogP contribution in [0.3, 0.4) is 0 Å². The molecule has 0 amide bonds. The molecular formula is C13H22O2Si2. The van der Waals surface area contributed by atoms with Gasteiger partial charge in [-0.3, -0.25) is 0 Å². The maximum Gasteiger partial charge on any atom is 0.368 e. The minimum atomic E-state index is -2.21. The Bertz CT molecular complexity index is 398. The zero-order valence-electron chi connectivity index (χ0n) is 11.4. The molecule has 0 bridgehead atoms. The summed E-state index contributed by atoms with van der Waals surface area (Å²) in [6.45, 7) is 10.8. The standard InChI is InChI=1S/C13H22O2Si2/c1-11(16(4)5)12-8-7-9-13(10-12)17(6,14-2)15-3/h7-10,16H,1H2,2-6H3. The Kier molecular flexibility index (Phi) is 4.88. The first-order chi connectivity index (χ1) is 7.94. The van der Waals surface area contributed by atoms with Gasteiger partial charge in [0.15, 0.2) is 0 Å². The van der Waals surface area contributed by atoms with Crippen molar-refractivity contribution in [1.29, 1.82) is 0 Å². The Labute approximate surface area is 107 Å². The molecule has 0 aliphatic carbocycles. The van der Waals surface area contributed by atoms with E-state index in [9.17, 15) is 0 Å². The second-order valence-corrected chi connectivity index (χ2v) is 10.9. The Morgan fingerprint density at radius 3 is 2.29 bits per heavy atom. The van der Waals surface area contributed by atoms with Crippen LogP contribution in [0.15, 0.2) is 30.8 Å². The highest BCUT2D eigenvalue weighted by molar-refractivity contribution is 6.80. The largest absolute Gasteiger partial charge is 0.394 e. The molecule has 0 aromatic heterocycles. The third-order valence-corrected chi connectivity index (χ3v) is 7.88. The highest BCUT2D eigenvalue weighted by Gasteiger charge is 2.31. The molecule has 17 heavy (non-hydrogen) atoms. The van der Waals surface area contributed by atoms with Gasteiger partial charge in [-0.1, -0.05) is 49.1 Å². The van der Waals surface area contributed by atoms with Gasteiger partial charge in [0.1, 0.15) is 0 Å². The summed E-state index contributed by atoms with van der Waals surface area (Å²) >= 11 is 0. The molecule has 0 saturated heterocycles. The van der Waals surface area contributed by atoms with E-state index >= 15 is 0 Å². The predicted octanol–water partition coefficient (Wildman–Crippen LogP) is 2.30. The summed E-state index contributed by atoms with van der Waals surface area (Å²) in [5.41, 5.74) is 1.23. The van der Waals surface area contributed by atoms with E-state index in [0.717, 1.165) is 5.19 Å². The van der Waals surface area contributed by atoms with Crippen LogP contribution in [0.25, 0.3) is 5.20 Å². The first kappa shape index (κ1) is 14.4. The van der Waals surface area contributed by atoms with Crippen LogP contribution in [0.1, 0.15) is 5.56 Å². The molecule has 1 rings (SSSR count). The summed E-state index contributed by atoms with van der Waals surface area (Å²) in [6.07, 6.45) is 0. The highest BCUT2D eigenvalue weighted by Crippen LogP contribution is 2.16. The zero-order chi connectivity index (χ0) is 13.1. The molecular weight excluding hydrogens is 244 g/mol. The van der Waals surface area contributed by atoms with E-state index < -0.39 is 17.4 Å². The van der Waals surface area contributed by atoms with Crippen LogP contribution in [0.4, 0.5) is 0 Å². The molecule has 0 spiro atoms. The van der Waals surface area contributed by atoms with E-state index in [2.05, 4.69) is 50.5 Å². The molecule has 0 N–H and O–H groups in total. The minimum Gasteiger partial charge on any atom is -0.394 e. The van der Waals surface area contributed by atoms with E-state index in [1.54, 1.807) is 14.2 Å². The van der Waals surface area contributed by atoms with Crippen molar-refractivity contribution in [2.24, 2.45) is 0 Å². The quantitative estimate of drug-likeness (QED) is 0.761. The van der Waals surface area contributed by atoms with Crippen LogP contribution in [0.5, 0.6) is 0 Å². The van der Waals surface area contributed by atoms with Crippen LogP contribution in [0.2, 0.25) is 19.6 Å². The van der Waals surface area contributed by atoms with Crippen molar-refractivity contribution in [2.45, 2.75) is 19.6 Å². The topological polar surface area (TPSA) is 18.5 Å². The van der Waals surface area contributed by atoms with Crippen molar-refractivity contribution in [3.05, 3.63) is 36.4 Å². The average Bonchev–Trinajstić information content (AvgIpc) is 2.36. The van der Waals surface area contributed by atoms with E-state index in [1.807, 2.05) is 0 Å². The lowest BCUT2D eigenvalue weighted by molar-refractivity contribution is 0.265. The lowest BCUT2D eigenvalue weighted by atomic mass is 10.2. The second-order valence-electron chi connectivity index (χ2n) is 4.61. The molecule has 0 aliphatic heterocycles. The van der Waals surface area contributed by atoms with Crippen molar-refractivity contribution >= 4 is 27.7 Å². The molecule has 0 atom stereocenters. The van der Waals surface area contributed by atoms with Gasteiger partial charge >= 0.3 is 8.56 Å². The minimum absolute atomic E-state index is 0.844. The van der Waals surface area contributed by atoms with E-state index in [1.165, 1.54) is 10.8 Å². The Morgan fingerprint density at radius 1 is 1.24 bits per heavy atom. The fourth-order valence-electron chi connectivity index (χ4n) is 1.65. The van der Waals surface area contributed by atoms with Crippen molar-refractivity contribution in [1.82, 2.24) is 0 Å². The maximum absolute atomic E-state index is 5.57. The molecule has 1 aromatic rings. The summed E-state index contributed by atoms with van der Waals surface area (Å²) in [7, 11) is 0.378. The fraction of sp³-hybridized carbons (Fsp3) is 0.385. The predicted molar refractivity (Wildman–Crippen MR) is 79.6 cm³/mol. The van der Waals surface area contributed by atoms with Crippen molar-refractivity contribution in [3.8, 4) is 0 Å². The van der Waals surface area contributed by atoms with Crippen LogP contribution in [0, 0.1) is 0 Å².